The molecule has 9 nitrogen and oxygen atoms in total. The lowest BCUT2D eigenvalue weighted by molar-refractivity contribution is 0.0568. The van der Waals surface area contributed by atoms with Crippen LogP contribution >= 0.6 is 0 Å². The molecular formula is C31H29N7O2. The van der Waals surface area contributed by atoms with Gasteiger partial charge in [0, 0.05) is 53.3 Å². The summed E-state index contributed by atoms with van der Waals surface area (Å²) in [6.07, 6.45) is 10.5. The van der Waals surface area contributed by atoms with Crippen LogP contribution < -0.4 is 5.73 Å². The molecule has 2 aliphatic rings. The molecule has 0 aliphatic carbocycles. The first-order valence-corrected chi connectivity index (χ1v) is 13.6. The van der Waals surface area contributed by atoms with Gasteiger partial charge in [0.25, 0.3) is 5.91 Å². The molecule has 0 unspecified atom stereocenters. The first kappa shape index (κ1) is 24.3. The van der Waals surface area contributed by atoms with E-state index in [1.165, 1.54) is 6.92 Å². The average molecular weight is 532 g/mol. The Balaban J connectivity index is 1.26. The second-order valence-corrected chi connectivity index (χ2v) is 10.8. The molecule has 2 aliphatic heterocycles. The largest absolute Gasteiger partial charge is 0.383 e. The molecule has 40 heavy (non-hydrogen) atoms. The number of hydrogen-bond acceptors (Lipinski definition) is 6. The standard InChI is InChI=1S/C31H29N7O2/c1-18(39)27-28(22-13-23-8-9-24(14-22)37(23)31(40)21-11-12-33-15-21)36-30-25(17-35-38(30)29(27)32)20-7-10-26(34-16-20)19-5-3-2-4-6-19/h2-7,10-12,15-17,22-24,33H,8-9,13-14,32H2,1H3/t22-,23+,24-. The Morgan fingerprint density at radius 3 is 2.40 bits per heavy atom. The number of piperidine rings is 1. The van der Waals surface area contributed by atoms with Crippen LogP contribution in [-0.2, 0) is 0 Å². The Morgan fingerprint density at radius 1 is 0.975 bits per heavy atom. The van der Waals surface area contributed by atoms with E-state index in [1.54, 1.807) is 23.1 Å². The molecule has 4 aromatic heterocycles. The lowest BCUT2D eigenvalue weighted by atomic mass is 9.85. The van der Waals surface area contributed by atoms with Crippen LogP contribution in [0.3, 0.4) is 0 Å². The van der Waals surface area contributed by atoms with Crippen LogP contribution in [0.1, 0.15) is 64.9 Å². The predicted octanol–water partition coefficient (Wildman–Crippen LogP) is 5.12. The summed E-state index contributed by atoms with van der Waals surface area (Å²) in [4.78, 5) is 40.9. The SMILES string of the molecule is CC(=O)c1c([C@H]2C[C@H]3CC[C@@H](C2)N3C(=O)c2cc[nH]c2)nc2c(-c3ccc(-c4ccccc4)nc3)cnn2c1N. The maximum atomic E-state index is 13.2. The van der Waals surface area contributed by atoms with Gasteiger partial charge in [-0.15, -0.1) is 0 Å². The molecule has 2 bridgehead atoms. The molecular weight excluding hydrogens is 502 g/mol. The molecule has 9 heteroatoms. The molecule has 0 spiro atoms. The van der Waals surface area contributed by atoms with Crippen molar-refractivity contribution in [2.24, 2.45) is 0 Å². The fraction of sp³-hybridized carbons (Fsp3) is 0.258. The highest BCUT2D eigenvalue weighted by Crippen LogP contribution is 2.45. The minimum Gasteiger partial charge on any atom is -0.383 e. The summed E-state index contributed by atoms with van der Waals surface area (Å²) in [6, 6.07) is 16.0. The van der Waals surface area contributed by atoms with Crippen molar-refractivity contribution >= 4 is 23.2 Å². The number of Topliss-reactive ketones (excluding diaryl/α,β-unsaturated/α-hetero) is 1. The number of nitrogen functional groups attached to an aromatic ring is 1. The number of carbonyl (C=O) groups excluding carboxylic acids is 2. The number of aromatic amines is 1. The van der Waals surface area contributed by atoms with Crippen molar-refractivity contribution in [3.8, 4) is 22.4 Å². The number of rotatable bonds is 5. The number of aromatic nitrogens is 5. The van der Waals surface area contributed by atoms with Crippen LogP contribution in [0.15, 0.2) is 73.3 Å². The zero-order chi connectivity index (χ0) is 27.4. The monoisotopic (exact) mass is 531 g/mol. The number of pyridine rings is 1. The molecule has 0 saturated carbocycles. The summed E-state index contributed by atoms with van der Waals surface area (Å²) < 4.78 is 1.56. The third kappa shape index (κ3) is 3.88. The number of nitrogens with zero attached hydrogens (tertiary/aromatic N) is 5. The molecule has 7 rings (SSSR count). The third-order valence-corrected chi connectivity index (χ3v) is 8.41. The number of ketones is 1. The highest BCUT2D eigenvalue weighted by molar-refractivity contribution is 6.00. The fourth-order valence-corrected chi connectivity index (χ4v) is 6.56. The quantitative estimate of drug-likeness (QED) is 0.304. The zero-order valence-electron chi connectivity index (χ0n) is 22.1. The van der Waals surface area contributed by atoms with E-state index in [1.807, 2.05) is 59.6 Å². The van der Waals surface area contributed by atoms with Gasteiger partial charge in [-0.1, -0.05) is 36.4 Å². The second kappa shape index (κ2) is 9.44. The van der Waals surface area contributed by atoms with Crippen molar-refractivity contribution in [3.05, 3.63) is 90.1 Å². The Kier molecular flexibility index (Phi) is 5.73. The van der Waals surface area contributed by atoms with Gasteiger partial charge in [0.05, 0.1) is 28.7 Å². The highest BCUT2D eigenvalue weighted by atomic mass is 16.2. The van der Waals surface area contributed by atoms with Gasteiger partial charge < -0.3 is 15.6 Å². The molecule has 5 aromatic rings. The Bertz CT molecular complexity index is 1710. The van der Waals surface area contributed by atoms with Gasteiger partial charge in [0.2, 0.25) is 0 Å². The number of carbonyl (C=O) groups is 2. The topological polar surface area (TPSA) is 122 Å². The van der Waals surface area contributed by atoms with Gasteiger partial charge >= 0.3 is 0 Å². The van der Waals surface area contributed by atoms with Crippen molar-refractivity contribution in [1.29, 1.82) is 0 Å². The van der Waals surface area contributed by atoms with E-state index in [0.29, 0.717) is 28.3 Å². The Labute approximate surface area is 231 Å². The predicted molar refractivity (Wildman–Crippen MR) is 152 cm³/mol. The number of nitrogens with two attached hydrogens (primary N) is 1. The number of H-pyrrole nitrogens is 1. The number of fused-ring (bicyclic) bond motifs is 3. The van der Waals surface area contributed by atoms with Crippen molar-refractivity contribution in [2.75, 3.05) is 5.73 Å². The maximum absolute atomic E-state index is 13.2. The van der Waals surface area contributed by atoms with Gasteiger partial charge in [-0.25, -0.2) is 4.98 Å². The molecule has 3 N–H and O–H groups in total. The van der Waals surface area contributed by atoms with Crippen LogP contribution in [0.2, 0.25) is 0 Å². The van der Waals surface area contributed by atoms with Crippen LogP contribution in [-0.4, -0.2) is 53.2 Å². The normalized spacial score (nSPS) is 20.2. The molecule has 1 aromatic carbocycles. The molecule has 3 atom stereocenters. The molecule has 6 heterocycles. The van der Waals surface area contributed by atoms with Crippen LogP contribution in [0.4, 0.5) is 5.82 Å². The minimum absolute atomic E-state index is 0.0142. The highest BCUT2D eigenvalue weighted by Gasteiger charge is 2.45. The van der Waals surface area contributed by atoms with Gasteiger partial charge in [-0.3, -0.25) is 14.6 Å². The lowest BCUT2D eigenvalue weighted by Crippen LogP contribution is -2.46. The van der Waals surface area contributed by atoms with Crippen LogP contribution in [0.25, 0.3) is 28.0 Å². The molecule has 2 fully saturated rings. The number of hydrogen-bond donors (Lipinski definition) is 2. The summed E-state index contributed by atoms with van der Waals surface area (Å²) in [5.74, 6) is 0.239. The van der Waals surface area contributed by atoms with E-state index in [4.69, 9.17) is 10.7 Å². The van der Waals surface area contributed by atoms with Gasteiger partial charge in [-0.2, -0.15) is 9.61 Å². The minimum atomic E-state index is -0.133. The third-order valence-electron chi connectivity index (χ3n) is 8.41. The zero-order valence-corrected chi connectivity index (χ0v) is 22.1. The number of amides is 1. The van der Waals surface area contributed by atoms with E-state index in [9.17, 15) is 9.59 Å². The van der Waals surface area contributed by atoms with Gasteiger partial charge in [0.15, 0.2) is 11.4 Å². The first-order chi connectivity index (χ1) is 19.5. The average Bonchev–Trinajstić information content (AvgIpc) is 3.71. The van der Waals surface area contributed by atoms with Crippen LogP contribution in [0, 0.1) is 0 Å². The molecule has 1 amide bonds. The van der Waals surface area contributed by atoms with Crippen molar-refractivity contribution in [3.63, 3.8) is 0 Å². The van der Waals surface area contributed by atoms with E-state index in [-0.39, 0.29) is 29.7 Å². The fourth-order valence-electron chi connectivity index (χ4n) is 6.56. The van der Waals surface area contributed by atoms with E-state index in [0.717, 1.165) is 48.1 Å². The smallest absolute Gasteiger partial charge is 0.255 e. The summed E-state index contributed by atoms with van der Waals surface area (Å²) in [5.41, 5.74) is 12.6. The first-order valence-electron chi connectivity index (χ1n) is 13.6. The van der Waals surface area contributed by atoms with Crippen molar-refractivity contribution < 1.29 is 9.59 Å². The number of nitrogens with one attached hydrogen (secondary N) is 1. The summed E-state index contributed by atoms with van der Waals surface area (Å²) in [7, 11) is 0. The maximum Gasteiger partial charge on any atom is 0.255 e. The molecule has 2 saturated heterocycles. The van der Waals surface area contributed by atoms with E-state index < -0.39 is 0 Å². The van der Waals surface area contributed by atoms with Crippen molar-refractivity contribution in [2.45, 2.75) is 50.6 Å². The lowest BCUT2D eigenvalue weighted by Gasteiger charge is -2.39. The molecule has 200 valence electrons. The summed E-state index contributed by atoms with van der Waals surface area (Å²) in [5, 5.41) is 4.50. The van der Waals surface area contributed by atoms with Gasteiger partial charge in [-0.05, 0) is 44.7 Å². The van der Waals surface area contributed by atoms with Crippen LogP contribution in [0.5, 0.6) is 0 Å². The van der Waals surface area contributed by atoms with Gasteiger partial charge in [0.1, 0.15) is 5.82 Å². The number of anilines is 1. The number of benzene rings is 1. The molecule has 0 radical (unpaired) electrons. The van der Waals surface area contributed by atoms with Crippen molar-refractivity contribution in [1.82, 2.24) is 29.5 Å². The summed E-state index contributed by atoms with van der Waals surface area (Å²) >= 11 is 0. The second-order valence-electron chi connectivity index (χ2n) is 10.8. The Morgan fingerprint density at radius 2 is 1.75 bits per heavy atom. The summed E-state index contributed by atoms with van der Waals surface area (Å²) in [6.45, 7) is 1.53. The van der Waals surface area contributed by atoms with E-state index >= 15 is 0 Å². The Hall–Kier alpha value is -4.79. The van der Waals surface area contributed by atoms with E-state index in [2.05, 4.69) is 15.1 Å².